The summed E-state index contributed by atoms with van der Waals surface area (Å²) in [4.78, 5) is 3.92. The van der Waals surface area contributed by atoms with Crippen LogP contribution in [0.5, 0.6) is 0 Å². The summed E-state index contributed by atoms with van der Waals surface area (Å²) >= 11 is 6.02. The molecule has 0 atom stereocenters. The fraction of sp³-hybridized carbons (Fsp3) is 0.222. The molecule has 0 radical (unpaired) electrons. The highest BCUT2D eigenvalue weighted by Gasteiger charge is 2.11. The van der Waals surface area contributed by atoms with Crippen molar-refractivity contribution < 1.29 is 0 Å². The lowest BCUT2D eigenvalue weighted by molar-refractivity contribution is 0.924. The van der Waals surface area contributed by atoms with E-state index in [4.69, 9.17) is 11.6 Å². The molecule has 0 spiro atoms. The number of pyridine rings is 1. The van der Waals surface area contributed by atoms with Crippen LogP contribution in [0.1, 0.15) is 0 Å². The van der Waals surface area contributed by atoms with Crippen molar-refractivity contribution >= 4 is 17.5 Å². The summed E-state index contributed by atoms with van der Waals surface area (Å²) in [5.41, 5.74) is 0.822. The topological polar surface area (TPSA) is 55.6 Å². The Hall–Kier alpha value is -1.62. The van der Waals surface area contributed by atoms with Crippen LogP contribution in [0.4, 0.5) is 5.95 Å². The molecule has 0 saturated heterocycles. The van der Waals surface area contributed by atoms with E-state index in [1.807, 2.05) is 17.7 Å². The molecule has 0 aliphatic carbocycles. The molecule has 0 aromatic carbocycles. The van der Waals surface area contributed by atoms with Gasteiger partial charge in [-0.3, -0.25) is 9.55 Å². The average molecular weight is 224 g/mol. The van der Waals surface area contributed by atoms with E-state index in [-0.39, 0.29) is 0 Å². The normalized spacial score (nSPS) is 10.3. The van der Waals surface area contributed by atoms with Crippen LogP contribution >= 0.6 is 11.6 Å². The van der Waals surface area contributed by atoms with Gasteiger partial charge in [-0.05, 0) is 6.07 Å². The van der Waals surface area contributed by atoms with Gasteiger partial charge in [0.1, 0.15) is 0 Å². The van der Waals surface area contributed by atoms with Gasteiger partial charge in [0.15, 0.2) is 5.82 Å². The van der Waals surface area contributed by atoms with Crippen LogP contribution < -0.4 is 5.32 Å². The van der Waals surface area contributed by atoms with Gasteiger partial charge >= 0.3 is 0 Å². The minimum Gasteiger partial charge on any atom is -0.357 e. The van der Waals surface area contributed by atoms with Crippen LogP contribution in [0.25, 0.3) is 11.4 Å². The molecule has 78 valence electrons. The highest BCUT2D eigenvalue weighted by molar-refractivity contribution is 6.33. The van der Waals surface area contributed by atoms with Gasteiger partial charge in [-0.2, -0.15) is 0 Å². The fourth-order valence-electron chi connectivity index (χ4n) is 1.34. The number of nitrogens with one attached hydrogen (secondary N) is 1. The molecule has 6 heteroatoms. The van der Waals surface area contributed by atoms with Crippen LogP contribution in [0, 0.1) is 0 Å². The van der Waals surface area contributed by atoms with Crippen molar-refractivity contribution in [3.8, 4) is 11.4 Å². The van der Waals surface area contributed by atoms with E-state index in [9.17, 15) is 0 Å². The standard InChI is InChI=1S/C9H10ClN5/c1-11-9-14-13-8(15(9)2)6-3-4-12-5-7(6)10/h3-5H,1-2H3,(H,11,14). The van der Waals surface area contributed by atoms with E-state index in [0.29, 0.717) is 16.8 Å². The van der Waals surface area contributed by atoms with Crippen molar-refractivity contribution in [2.75, 3.05) is 12.4 Å². The summed E-state index contributed by atoms with van der Waals surface area (Å²) in [5, 5.41) is 11.5. The minimum atomic E-state index is 0.565. The Labute approximate surface area is 92.1 Å². The van der Waals surface area contributed by atoms with Crippen LogP contribution in [-0.4, -0.2) is 26.8 Å². The number of hydrogen-bond acceptors (Lipinski definition) is 4. The first-order valence-corrected chi connectivity index (χ1v) is 4.79. The van der Waals surface area contributed by atoms with Crippen molar-refractivity contribution in [3.05, 3.63) is 23.5 Å². The first-order valence-electron chi connectivity index (χ1n) is 4.41. The van der Waals surface area contributed by atoms with Crippen molar-refractivity contribution in [1.29, 1.82) is 0 Å². The number of halogens is 1. The van der Waals surface area contributed by atoms with Gasteiger partial charge in [-0.25, -0.2) is 0 Å². The minimum absolute atomic E-state index is 0.565. The molecule has 0 bridgehead atoms. The van der Waals surface area contributed by atoms with Crippen molar-refractivity contribution in [1.82, 2.24) is 19.7 Å². The van der Waals surface area contributed by atoms with Gasteiger partial charge in [0.05, 0.1) is 5.02 Å². The van der Waals surface area contributed by atoms with Gasteiger partial charge in [0.2, 0.25) is 5.95 Å². The molecule has 2 aromatic heterocycles. The third kappa shape index (κ3) is 1.66. The Morgan fingerprint density at radius 1 is 1.40 bits per heavy atom. The predicted octanol–water partition coefficient (Wildman–Crippen LogP) is 1.57. The first kappa shape index (κ1) is 9.92. The summed E-state index contributed by atoms with van der Waals surface area (Å²) in [5.74, 6) is 1.41. The number of nitrogens with zero attached hydrogens (tertiary/aromatic N) is 4. The van der Waals surface area contributed by atoms with Crippen LogP contribution in [-0.2, 0) is 7.05 Å². The third-order valence-electron chi connectivity index (χ3n) is 2.11. The molecule has 0 saturated carbocycles. The molecule has 2 rings (SSSR count). The molecule has 0 aliphatic heterocycles. The predicted molar refractivity (Wildman–Crippen MR) is 58.8 cm³/mol. The van der Waals surface area contributed by atoms with Gasteiger partial charge in [0.25, 0.3) is 0 Å². The quantitative estimate of drug-likeness (QED) is 0.840. The van der Waals surface area contributed by atoms with E-state index < -0.39 is 0 Å². The van der Waals surface area contributed by atoms with Gasteiger partial charge < -0.3 is 5.32 Å². The largest absolute Gasteiger partial charge is 0.357 e. The molecule has 1 N–H and O–H groups in total. The van der Waals surface area contributed by atoms with Crippen molar-refractivity contribution in [2.45, 2.75) is 0 Å². The third-order valence-corrected chi connectivity index (χ3v) is 2.41. The van der Waals surface area contributed by atoms with Crippen LogP contribution in [0.2, 0.25) is 5.02 Å². The smallest absolute Gasteiger partial charge is 0.224 e. The molecule has 0 unspecified atom stereocenters. The number of aromatic nitrogens is 4. The van der Waals surface area contributed by atoms with E-state index >= 15 is 0 Å². The summed E-state index contributed by atoms with van der Waals surface area (Å²) in [6, 6.07) is 1.81. The summed E-state index contributed by atoms with van der Waals surface area (Å²) < 4.78 is 1.83. The second kappa shape index (κ2) is 3.86. The highest BCUT2D eigenvalue weighted by Crippen LogP contribution is 2.25. The Balaban J connectivity index is 2.55. The van der Waals surface area contributed by atoms with E-state index in [0.717, 1.165) is 5.56 Å². The Morgan fingerprint density at radius 2 is 2.20 bits per heavy atom. The second-order valence-electron chi connectivity index (χ2n) is 3.01. The lowest BCUT2D eigenvalue weighted by Gasteiger charge is -2.03. The zero-order valence-electron chi connectivity index (χ0n) is 8.40. The molecule has 5 nitrogen and oxygen atoms in total. The summed E-state index contributed by atoms with van der Waals surface area (Å²) in [6.07, 6.45) is 3.26. The fourth-order valence-corrected chi connectivity index (χ4v) is 1.54. The zero-order chi connectivity index (χ0) is 10.8. The van der Waals surface area contributed by atoms with Crippen molar-refractivity contribution in [2.24, 2.45) is 7.05 Å². The van der Waals surface area contributed by atoms with Gasteiger partial charge in [-0.1, -0.05) is 11.6 Å². The Bertz CT molecular complexity index is 479. The molecule has 2 aromatic rings. The maximum absolute atomic E-state index is 6.02. The summed E-state index contributed by atoms with van der Waals surface area (Å²) in [6.45, 7) is 0. The zero-order valence-corrected chi connectivity index (χ0v) is 9.15. The molecule has 0 aliphatic rings. The van der Waals surface area contributed by atoms with E-state index in [2.05, 4.69) is 20.5 Å². The maximum atomic E-state index is 6.02. The van der Waals surface area contributed by atoms with Crippen molar-refractivity contribution in [3.63, 3.8) is 0 Å². The molecule has 0 fully saturated rings. The molecular weight excluding hydrogens is 214 g/mol. The Morgan fingerprint density at radius 3 is 2.80 bits per heavy atom. The monoisotopic (exact) mass is 223 g/mol. The second-order valence-corrected chi connectivity index (χ2v) is 3.42. The van der Waals surface area contributed by atoms with Crippen LogP contribution in [0.15, 0.2) is 18.5 Å². The number of anilines is 1. The highest BCUT2D eigenvalue weighted by atomic mass is 35.5. The van der Waals surface area contributed by atoms with Gasteiger partial charge in [-0.15, -0.1) is 10.2 Å². The molecular formula is C9H10ClN5. The Kier molecular flexibility index (Phi) is 2.55. The lowest BCUT2D eigenvalue weighted by Crippen LogP contribution is -1.99. The first-order chi connectivity index (χ1) is 7.24. The molecule has 2 heterocycles. The number of rotatable bonds is 2. The van der Waals surface area contributed by atoms with E-state index in [1.165, 1.54) is 0 Å². The molecule has 0 amide bonds. The van der Waals surface area contributed by atoms with Gasteiger partial charge in [0, 0.05) is 32.1 Å². The molecule has 15 heavy (non-hydrogen) atoms. The summed E-state index contributed by atoms with van der Waals surface area (Å²) in [7, 11) is 3.67. The number of hydrogen-bond donors (Lipinski definition) is 1. The average Bonchev–Trinajstić information content (AvgIpc) is 2.60. The lowest BCUT2D eigenvalue weighted by atomic mass is 10.2. The SMILES string of the molecule is CNc1nnc(-c2ccncc2Cl)n1C. The van der Waals surface area contributed by atoms with Crippen LogP contribution in [0.3, 0.4) is 0 Å². The maximum Gasteiger partial charge on any atom is 0.224 e. The van der Waals surface area contributed by atoms with E-state index in [1.54, 1.807) is 19.4 Å².